The van der Waals surface area contributed by atoms with Gasteiger partial charge in [-0.15, -0.1) is 0 Å². The van der Waals surface area contributed by atoms with E-state index in [0.717, 1.165) is 44.1 Å². The van der Waals surface area contributed by atoms with E-state index in [-0.39, 0.29) is 5.91 Å². The first kappa shape index (κ1) is 17.6. The zero-order chi connectivity index (χ0) is 17.6. The van der Waals surface area contributed by atoms with Gasteiger partial charge in [-0.05, 0) is 36.9 Å². The van der Waals surface area contributed by atoms with Gasteiger partial charge in [0.1, 0.15) is 5.76 Å². The van der Waals surface area contributed by atoms with E-state index >= 15 is 0 Å². The highest BCUT2D eigenvalue weighted by atomic mass is 35.5. The summed E-state index contributed by atoms with van der Waals surface area (Å²) in [4.78, 5) is 16.9. The van der Waals surface area contributed by atoms with Gasteiger partial charge in [0.05, 0.1) is 22.7 Å². The number of rotatable bonds is 5. The molecule has 0 unspecified atom stereocenters. The van der Waals surface area contributed by atoms with Crippen LogP contribution in [0, 0.1) is 0 Å². The Kier molecular flexibility index (Phi) is 5.79. The number of likely N-dealkylation sites (N-methyl/N-ethyl adjacent to an activating group) is 1. The second kappa shape index (κ2) is 8.23. The Morgan fingerprint density at radius 1 is 1.24 bits per heavy atom. The lowest BCUT2D eigenvalue weighted by Crippen LogP contribution is -2.46. The molecule has 0 saturated carbocycles. The van der Waals surface area contributed by atoms with Crippen LogP contribution in [0.25, 0.3) is 6.08 Å². The molecule has 1 aromatic carbocycles. The van der Waals surface area contributed by atoms with Gasteiger partial charge in [-0.2, -0.15) is 0 Å². The first-order chi connectivity index (χ1) is 12.2. The van der Waals surface area contributed by atoms with Gasteiger partial charge in [0.2, 0.25) is 5.91 Å². The maximum absolute atomic E-state index is 12.2. The number of furan rings is 1. The minimum Gasteiger partial charge on any atom is -0.465 e. The fourth-order valence-electron chi connectivity index (χ4n) is 2.94. The van der Waals surface area contributed by atoms with Crippen LogP contribution in [0.3, 0.4) is 0 Å². The van der Waals surface area contributed by atoms with E-state index in [1.807, 2.05) is 18.2 Å². The summed E-state index contributed by atoms with van der Waals surface area (Å²) in [6, 6.07) is 9.16. The molecule has 0 spiro atoms. The van der Waals surface area contributed by atoms with Crippen LogP contribution in [0.1, 0.15) is 12.7 Å². The van der Waals surface area contributed by atoms with Gasteiger partial charge in [0.15, 0.2) is 0 Å². The third kappa shape index (κ3) is 4.44. The van der Waals surface area contributed by atoms with Gasteiger partial charge >= 0.3 is 0 Å². The fourth-order valence-corrected chi connectivity index (χ4v) is 3.24. The third-order valence-electron chi connectivity index (χ3n) is 4.32. The number of nitrogens with one attached hydrogen (secondary N) is 1. The fraction of sp³-hybridized carbons (Fsp3) is 0.316. The lowest BCUT2D eigenvalue weighted by Gasteiger charge is -2.36. The summed E-state index contributed by atoms with van der Waals surface area (Å²) < 4.78 is 5.19. The number of amides is 1. The molecular weight excluding hydrogens is 338 g/mol. The van der Waals surface area contributed by atoms with Crippen molar-refractivity contribution in [2.75, 3.05) is 42.9 Å². The second-order valence-corrected chi connectivity index (χ2v) is 6.30. The normalized spacial score (nSPS) is 15.7. The largest absolute Gasteiger partial charge is 0.465 e. The Labute approximate surface area is 152 Å². The molecule has 2 aromatic rings. The molecule has 2 heterocycles. The van der Waals surface area contributed by atoms with E-state index < -0.39 is 0 Å². The topological polar surface area (TPSA) is 48.7 Å². The van der Waals surface area contributed by atoms with E-state index in [0.29, 0.717) is 10.8 Å². The summed E-state index contributed by atoms with van der Waals surface area (Å²) in [6.07, 6.45) is 4.67. The van der Waals surface area contributed by atoms with Crippen molar-refractivity contribution < 1.29 is 9.21 Å². The summed E-state index contributed by atoms with van der Waals surface area (Å²) in [5.41, 5.74) is 1.62. The lowest BCUT2D eigenvalue weighted by atomic mass is 10.2. The number of halogens is 1. The Morgan fingerprint density at radius 3 is 2.72 bits per heavy atom. The van der Waals surface area contributed by atoms with Crippen LogP contribution in [0.15, 0.2) is 47.1 Å². The maximum atomic E-state index is 12.2. The zero-order valence-electron chi connectivity index (χ0n) is 14.2. The highest BCUT2D eigenvalue weighted by molar-refractivity contribution is 6.34. The van der Waals surface area contributed by atoms with Gasteiger partial charge in [0.25, 0.3) is 0 Å². The Bertz CT molecular complexity index is 735. The summed E-state index contributed by atoms with van der Waals surface area (Å²) >= 11 is 6.44. The number of piperazine rings is 1. The number of para-hydroxylation sites is 1. The van der Waals surface area contributed by atoms with Gasteiger partial charge in [-0.3, -0.25) is 4.79 Å². The number of hydrogen-bond donors (Lipinski definition) is 1. The molecule has 25 heavy (non-hydrogen) atoms. The highest BCUT2D eigenvalue weighted by Crippen LogP contribution is 2.34. The van der Waals surface area contributed by atoms with Crippen molar-refractivity contribution in [2.45, 2.75) is 6.92 Å². The lowest BCUT2D eigenvalue weighted by molar-refractivity contribution is -0.111. The molecule has 1 amide bonds. The number of carbonyl (C=O) groups excluding carboxylic acids is 1. The number of benzene rings is 1. The Balaban J connectivity index is 1.73. The molecule has 1 fully saturated rings. The first-order valence-electron chi connectivity index (χ1n) is 8.45. The van der Waals surface area contributed by atoms with E-state index in [4.69, 9.17) is 16.0 Å². The Morgan fingerprint density at radius 2 is 2.04 bits per heavy atom. The number of nitrogens with zero attached hydrogens (tertiary/aromatic N) is 2. The molecule has 3 rings (SSSR count). The average molecular weight is 360 g/mol. The van der Waals surface area contributed by atoms with Gasteiger partial charge in [-0.1, -0.05) is 24.6 Å². The predicted octanol–water partition coefficient (Wildman–Crippen LogP) is 3.73. The molecule has 0 bridgehead atoms. The molecule has 132 valence electrons. The summed E-state index contributed by atoms with van der Waals surface area (Å²) in [6.45, 7) is 6.99. The van der Waals surface area contributed by atoms with Crippen LogP contribution in [-0.4, -0.2) is 43.5 Å². The quantitative estimate of drug-likeness (QED) is 0.826. The van der Waals surface area contributed by atoms with Crippen molar-refractivity contribution in [3.63, 3.8) is 0 Å². The predicted molar refractivity (Wildman–Crippen MR) is 102 cm³/mol. The van der Waals surface area contributed by atoms with Crippen LogP contribution < -0.4 is 10.2 Å². The minimum absolute atomic E-state index is 0.216. The maximum Gasteiger partial charge on any atom is 0.248 e. The molecule has 1 aliphatic rings. The molecule has 0 atom stereocenters. The molecule has 0 aliphatic carbocycles. The first-order valence-corrected chi connectivity index (χ1v) is 8.83. The van der Waals surface area contributed by atoms with Crippen molar-refractivity contribution in [2.24, 2.45) is 0 Å². The van der Waals surface area contributed by atoms with Crippen molar-refractivity contribution in [1.29, 1.82) is 0 Å². The van der Waals surface area contributed by atoms with Gasteiger partial charge in [-0.25, -0.2) is 0 Å². The summed E-state index contributed by atoms with van der Waals surface area (Å²) in [5, 5.41) is 3.58. The van der Waals surface area contributed by atoms with Crippen LogP contribution >= 0.6 is 11.6 Å². The van der Waals surface area contributed by atoms with Crippen molar-refractivity contribution in [3.05, 3.63) is 53.5 Å². The number of carbonyl (C=O) groups is 1. The van der Waals surface area contributed by atoms with Crippen LogP contribution in [0.2, 0.25) is 5.02 Å². The van der Waals surface area contributed by atoms with E-state index in [1.54, 1.807) is 24.5 Å². The van der Waals surface area contributed by atoms with Gasteiger partial charge in [0, 0.05) is 32.3 Å². The minimum atomic E-state index is -0.216. The average Bonchev–Trinajstić information content (AvgIpc) is 3.14. The van der Waals surface area contributed by atoms with Crippen LogP contribution in [0.5, 0.6) is 0 Å². The second-order valence-electron chi connectivity index (χ2n) is 5.90. The molecular formula is C19H22ClN3O2. The zero-order valence-corrected chi connectivity index (χ0v) is 15.0. The summed E-state index contributed by atoms with van der Waals surface area (Å²) in [7, 11) is 0. The third-order valence-corrected chi connectivity index (χ3v) is 4.63. The standard InChI is InChI=1S/C19H22ClN3O2/c1-2-22-10-12-23(13-11-22)19-16(20)6-3-7-17(19)21-18(24)9-8-15-5-4-14-25-15/h3-9,14H,2,10-13H2,1H3,(H,21,24)/b9-8+. The van der Waals surface area contributed by atoms with Gasteiger partial charge < -0.3 is 19.5 Å². The smallest absolute Gasteiger partial charge is 0.248 e. The molecule has 6 heteroatoms. The van der Waals surface area contributed by atoms with Crippen molar-refractivity contribution in [1.82, 2.24) is 4.90 Å². The van der Waals surface area contributed by atoms with Crippen LogP contribution in [-0.2, 0) is 4.79 Å². The molecule has 1 aromatic heterocycles. The Hall–Kier alpha value is -2.24. The van der Waals surface area contributed by atoms with Crippen molar-refractivity contribution in [3.8, 4) is 0 Å². The molecule has 1 aliphatic heterocycles. The molecule has 1 saturated heterocycles. The SMILES string of the molecule is CCN1CCN(c2c(Cl)cccc2NC(=O)/C=C/c2ccco2)CC1. The van der Waals surface area contributed by atoms with E-state index in [1.165, 1.54) is 6.08 Å². The number of hydrogen-bond acceptors (Lipinski definition) is 4. The highest BCUT2D eigenvalue weighted by Gasteiger charge is 2.21. The molecule has 1 N–H and O–H groups in total. The van der Waals surface area contributed by atoms with E-state index in [2.05, 4.69) is 22.0 Å². The molecule has 5 nitrogen and oxygen atoms in total. The summed E-state index contributed by atoms with van der Waals surface area (Å²) in [5.74, 6) is 0.421. The van der Waals surface area contributed by atoms with E-state index in [9.17, 15) is 4.79 Å². The number of anilines is 2. The van der Waals surface area contributed by atoms with Crippen molar-refractivity contribution >= 4 is 35.0 Å². The van der Waals surface area contributed by atoms with Crippen LogP contribution in [0.4, 0.5) is 11.4 Å². The monoisotopic (exact) mass is 359 g/mol. The molecule has 0 radical (unpaired) electrons.